The van der Waals surface area contributed by atoms with E-state index in [1.807, 2.05) is 6.92 Å². The van der Waals surface area contributed by atoms with E-state index in [-0.39, 0.29) is 23.6 Å². The average molecular weight is 501 g/mol. The molecule has 10 nitrogen and oxygen atoms in total. The third-order valence-electron chi connectivity index (χ3n) is 5.75. The van der Waals surface area contributed by atoms with Crippen LogP contribution in [0.2, 0.25) is 0 Å². The molecular weight excluding hydrogens is 478 g/mol. The van der Waals surface area contributed by atoms with Gasteiger partial charge in [-0.2, -0.15) is 0 Å². The van der Waals surface area contributed by atoms with E-state index in [1.165, 1.54) is 25.3 Å². The van der Waals surface area contributed by atoms with E-state index in [0.717, 1.165) is 10.5 Å². The number of hydrogen-bond acceptors (Lipinski definition) is 7. The van der Waals surface area contributed by atoms with Crippen LogP contribution in [0.4, 0.5) is 16.2 Å². The van der Waals surface area contributed by atoms with E-state index in [4.69, 9.17) is 9.47 Å². The van der Waals surface area contributed by atoms with Crippen LogP contribution < -0.4 is 19.7 Å². The number of ether oxygens (including phenoxy) is 2. The van der Waals surface area contributed by atoms with Crippen molar-refractivity contribution in [2.45, 2.75) is 20.0 Å². The van der Waals surface area contributed by atoms with Crippen LogP contribution in [-0.2, 0) is 22.6 Å². The van der Waals surface area contributed by atoms with Crippen molar-refractivity contribution < 1.29 is 28.8 Å². The second-order valence-electron chi connectivity index (χ2n) is 8.06. The summed E-state index contributed by atoms with van der Waals surface area (Å²) in [4.78, 5) is 50.2. The van der Waals surface area contributed by atoms with Crippen molar-refractivity contribution in [2.75, 3.05) is 12.0 Å². The molecule has 0 atom stereocenters. The fourth-order valence-corrected chi connectivity index (χ4v) is 3.87. The van der Waals surface area contributed by atoms with Gasteiger partial charge >= 0.3 is 6.03 Å². The number of amides is 4. The Morgan fingerprint density at radius 1 is 1.03 bits per heavy atom. The number of carbonyl (C=O) groups is 3. The topological polar surface area (TPSA) is 128 Å². The van der Waals surface area contributed by atoms with E-state index in [9.17, 15) is 24.5 Å². The summed E-state index contributed by atoms with van der Waals surface area (Å²) < 4.78 is 11.2. The zero-order valence-electron chi connectivity index (χ0n) is 20.1. The van der Waals surface area contributed by atoms with Gasteiger partial charge in [-0.3, -0.25) is 25.0 Å². The van der Waals surface area contributed by atoms with Crippen LogP contribution in [0.25, 0.3) is 6.08 Å². The van der Waals surface area contributed by atoms with Crippen molar-refractivity contribution in [1.82, 2.24) is 5.32 Å². The van der Waals surface area contributed by atoms with E-state index in [1.54, 1.807) is 54.6 Å². The summed E-state index contributed by atoms with van der Waals surface area (Å²) >= 11 is 0. The first-order valence-corrected chi connectivity index (χ1v) is 11.4. The highest BCUT2D eigenvalue weighted by molar-refractivity contribution is 6.39. The maximum Gasteiger partial charge on any atom is 0.335 e. The van der Waals surface area contributed by atoms with Crippen LogP contribution in [0, 0.1) is 10.1 Å². The van der Waals surface area contributed by atoms with Gasteiger partial charge in [0.2, 0.25) is 0 Å². The molecule has 1 aliphatic heterocycles. The molecule has 37 heavy (non-hydrogen) atoms. The maximum atomic E-state index is 13.4. The number of aryl methyl sites for hydroxylation is 1. The number of hydrogen-bond donors (Lipinski definition) is 1. The van der Waals surface area contributed by atoms with Gasteiger partial charge in [0.1, 0.15) is 23.7 Å². The van der Waals surface area contributed by atoms with E-state index >= 15 is 0 Å². The highest BCUT2D eigenvalue weighted by atomic mass is 16.6. The summed E-state index contributed by atoms with van der Waals surface area (Å²) in [5, 5.41) is 13.3. The highest BCUT2D eigenvalue weighted by Gasteiger charge is 2.37. The van der Waals surface area contributed by atoms with Gasteiger partial charge in [-0.1, -0.05) is 37.3 Å². The molecule has 1 aliphatic rings. The first-order valence-electron chi connectivity index (χ1n) is 11.4. The Morgan fingerprint density at radius 2 is 1.81 bits per heavy atom. The van der Waals surface area contributed by atoms with Crippen LogP contribution in [0.1, 0.15) is 23.6 Å². The van der Waals surface area contributed by atoms with Crippen LogP contribution in [-0.4, -0.2) is 29.9 Å². The molecule has 1 saturated heterocycles. The van der Waals surface area contributed by atoms with Gasteiger partial charge in [0, 0.05) is 23.8 Å². The molecule has 0 aromatic heterocycles. The quantitative estimate of drug-likeness (QED) is 0.210. The Bertz CT molecular complexity index is 1430. The molecule has 0 saturated carbocycles. The number of urea groups is 1. The number of nitro benzene ring substituents is 1. The number of benzene rings is 3. The molecule has 10 heteroatoms. The number of rotatable bonds is 8. The number of imide groups is 2. The van der Waals surface area contributed by atoms with Crippen molar-refractivity contribution in [3.8, 4) is 11.5 Å². The second-order valence-corrected chi connectivity index (χ2v) is 8.06. The smallest absolute Gasteiger partial charge is 0.335 e. The van der Waals surface area contributed by atoms with E-state index in [0.29, 0.717) is 29.0 Å². The lowest BCUT2D eigenvalue weighted by atomic mass is 10.0. The Hall–Kier alpha value is -4.99. The standard InChI is InChI=1S/C27H23N3O7/c1-3-18-8-4-5-10-23(18)29-26(32)22(25(31)28-27(29)33)14-19-11-12-21(36-2)15-24(19)37-16-17-7-6-9-20(13-17)30(34)35/h4-15H,3,16H2,1-2H3,(H,28,31,33)/b22-14-. The minimum Gasteiger partial charge on any atom is -0.497 e. The number of para-hydroxylation sites is 1. The Kier molecular flexibility index (Phi) is 7.28. The highest BCUT2D eigenvalue weighted by Crippen LogP contribution is 2.30. The van der Waals surface area contributed by atoms with Crippen molar-refractivity contribution >= 4 is 35.3 Å². The number of nitro groups is 1. The molecule has 4 rings (SSSR count). The number of nitrogens with zero attached hydrogens (tertiary/aromatic N) is 2. The maximum absolute atomic E-state index is 13.4. The molecule has 1 fully saturated rings. The summed E-state index contributed by atoms with van der Waals surface area (Å²) in [7, 11) is 1.48. The fraction of sp³-hybridized carbons (Fsp3) is 0.148. The van der Waals surface area contributed by atoms with Crippen molar-refractivity contribution in [2.24, 2.45) is 0 Å². The normalized spacial score (nSPS) is 14.5. The molecule has 0 radical (unpaired) electrons. The molecule has 0 unspecified atom stereocenters. The van der Waals surface area contributed by atoms with E-state index in [2.05, 4.69) is 5.32 Å². The molecule has 0 aliphatic carbocycles. The molecule has 4 amide bonds. The lowest BCUT2D eigenvalue weighted by molar-refractivity contribution is -0.384. The minimum atomic E-state index is -0.833. The summed E-state index contributed by atoms with van der Waals surface area (Å²) in [6.07, 6.45) is 1.92. The minimum absolute atomic E-state index is 0.0142. The first-order chi connectivity index (χ1) is 17.8. The van der Waals surface area contributed by atoms with Gasteiger partial charge < -0.3 is 9.47 Å². The average Bonchev–Trinajstić information content (AvgIpc) is 2.90. The summed E-state index contributed by atoms with van der Waals surface area (Å²) in [5.41, 5.74) is 1.76. The zero-order chi connectivity index (χ0) is 26.5. The van der Waals surface area contributed by atoms with Crippen LogP contribution >= 0.6 is 0 Å². The third-order valence-corrected chi connectivity index (χ3v) is 5.75. The van der Waals surface area contributed by atoms with Gasteiger partial charge in [-0.25, -0.2) is 9.69 Å². The SMILES string of the molecule is CCc1ccccc1N1C(=O)NC(=O)/C(=C/c2ccc(OC)cc2OCc2cccc([N+](=O)[O-])c2)C1=O. The molecule has 1 heterocycles. The number of non-ortho nitro benzene ring substituents is 1. The number of nitrogens with one attached hydrogen (secondary N) is 1. The lowest BCUT2D eigenvalue weighted by Gasteiger charge is -2.28. The number of methoxy groups -OCH3 is 1. The molecule has 3 aromatic rings. The van der Waals surface area contributed by atoms with Gasteiger partial charge in [-0.15, -0.1) is 0 Å². The van der Waals surface area contributed by atoms with Gasteiger partial charge in [0.15, 0.2) is 0 Å². The van der Waals surface area contributed by atoms with Gasteiger partial charge in [0.25, 0.3) is 17.5 Å². The molecule has 0 bridgehead atoms. The van der Waals surface area contributed by atoms with Gasteiger partial charge in [-0.05, 0) is 41.8 Å². The lowest BCUT2D eigenvalue weighted by Crippen LogP contribution is -2.54. The first kappa shape index (κ1) is 25.1. The summed E-state index contributed by atoms with van der Waals surface area (Å²) in [6, 6.07) is 16.9. The predicted octanol–water partition coefficient (Wildman–Crippen LogP) is 4.41. The Morgan fingerprint density at radius 3 is 2.54 bits per heavy atom. The van der Waals surface area contributed by atoms with Crippen LogP contribution in [0.5, 0.6) is 11.5 Å². The summed E-state index contributed by atoms with van der Waals surface area (Å²) in [6.45, 7) is 1.88. The van der Waals surface area contributed by atoms with Gasteiger partial charge in [0.05, 0.1) is 17.7 Å². The number of barbiturate groups is 1. The van der Waals surface area contributed by atoms with Crippen molar-refractivity contribution in [1.29, 1.82) is 0 Å². The third kappa shape index (κ3) is 5.32. The predicted molar refractivity (Wildman–Crippen MR) is 135 cm³/mol. The fourth-order valence-electron chi connectivity index (χ4n) is 3.87. The van der Waals surface area contributed by atoms with E-state index < -0.39 is 22.8 Å². The summed E-state index contributed by atoms with van der Waals surface area (Å²) in [5.74, 6) is -0.864. The molecular formula is C27H23N3O7. The monoisotopic (exact) mass is 501 g/mol. The molecule has 1 N–H and O–H groups in total. The van der Waals surface area contributed by atoms with Crippen molar-refractivity contribution in [3.05, 3.63) is 99.1 Å². The second kappa shape index (κ2) is 10.7. The Balaban J connectivity index is 1.69. The molecule has 3 aromatic carbocycles. The Labute approximate surface area is 212 Å². The van der Waals surface area contributed by atoms with Crippen LogP contribution in [0.15, 0.2) is 72.3 Å². The number of carbonyl (C=O) groups excluding carboxylic acids is 3. The molecule has 0 spiro atoms. The number of anilines is 1. The zero-order valence-corrected chi connectivity index (χ0v) is 20.1. The largest absolute Gasteiger partial charge is 0.497 e. The van der Waals surface area contributed by atoms with Crippen molar-refractivity contribution in [3.63, 3.8) is 0 Å². The van der Waals surface area contributed by atoms with Crippen LogP contribution in [0.3, 0.4) is 0 Å². The molecule has 188 valence electrons.